The van der Waals surface area contributed by atoms with Gasteiger partial charge in [0.2, 0.25) is 0 Å². The summed E-state index contributed by atoms with van der Waals surface area (Å²) in [5, 5.41) is 11.4. The zero-order valence-corrected chi connectivity index (χ0v) is 21.0. The molecule has 1 aliphatic rings. The molecule has 1 atom stereocenters. The molecule has 0 spiro atoms. The van der Waals surface area contributed by atoms with Gasteiger partial charge in [-0.05, 0) is 66.4 Å². The Morgan fingerprint density at radius 3 is 2.57 bits per heavy atom. The Kier molecular flexibility index (Phi) is 8.03. The van der Waals surface area contributed by atoms with Crippen LogP contribution in [-0.4, -0.2) is 39.9 Å². The summed E-state index contributed by atoms with van der Waals surface area (Å²) in [6, 6.07) is 15.2. The van der Waals surface area contributed by atoms with Crippen LogP contribution in [0.25, 0.3) is 5.76 Å². The SMILES string of the molecule is C=CCOc1ccc(C2C(=C(O)c3ccc(OCCC)c(C)c3)C(=O)C(=O)N2Cc2cccnc2)cc1. The van der Waals surface area contributed by atoms with Gasteiger partial charge in [0.25, 0.3) is 11.7 Å². The zero-order valence-electron chi connectivity index (χ0n) is 21.0. The van der Waals surface area contributed by atoms with Crippen molar-refractivity contribution in [3.8, 4) is 11.5 Å². The average molecular weight is 499 g/mol. The standard InChI is InChI=1S/C30H30N2O5/c1-4-15-36-24-11-8-22(9-12-24)27-26(28(33)23-10-13-25(20(3)17-23)37-16-5-2)29(34)30(35)32(27)19-21-7-6-14-31-18-21/h4,6-14,17-18,27,33H,1,5,15-16,19H2,2-3H3. The Balaban J connectivity index is 1.78. The largest absolute Gasteiger partial charge is 0.507 e. The number of carbonyl (C=O) groups is 2. The van der Waals surface area contributed by atoms with E-state index in [4.69, 9.17) is 9.47 Å². The van der Waals surface area contributed by atoms with Crippen molar-refractivity contribution < 1.29 is 24.2 Å². The van der Waals surface area contributed by atoms with Gasteiger partial charge in [0, 0.05) is 24.5 Å². The lowest BCUT2D eigenvalue weighted by Gasteiger charge is -2.25. The molecule has 0 saturated carbocycles. The fourth-order valence-electron chi connectivity index (χ4n) is 4.31. The van der Waals surface area contributed by atoms with E-state index in [2.05, 4.69) is 11.6 Å². The Morgan fingerprint density at radius 1 is 1.14 bits per heavy atom. The minimum absolute atomic E-state index is 0.0373. The summed E-state index contributed by atoms with van der Waals surface area (Å²) in [6.07, 6.45) is 5.82. The van der Waals surface area contributed by atoms with Crippen LogP contribution in [-0.2, 0) is 16.1 Å². The molecule has 2 aromatic carbocycles. The molecule has 190 valence electrons. The predicted octanol–water partition coefficient (Wildman–Crippen LogP) is 5.37. The van der Waals surface area contributed by atoms with Gasteiger partial charge < -0.3 is 19.5 Å². The van der Waals surface area contributed by atoms with Crippen LogP contribution in [0.15, 0.2) is 85.2 Å². The Labute approximate surface area is 216 Å². The van der Waals surface area contributed by atoms with Gasteiger partial charge in [-0.2, -0.15) is 0 Å². The van der Waals surface area contributed by atoms with Crippen molar-refractivity contribution in [3.63, 3.8) is 0 Å². The summed E-state index contributed by atoms with van der Waals surface area (Å²) in [6.45, 7) is 8.66. The van der Waals surface area contributed by atoms with Crippen LogP contribution in [0.2, 0.25) is 0 Å². The van der Waals surface area contributed by atoms with E-state index < -0.39 is 17.7 Å². The predicted molar refractivity (Wildman–Crippen MR) is 141 cm³/mol. The van der Waals surface area contributed by atoms with Gasteiger partial charge >= 0.3 is 0 Å². The molecule has 0 bridgehead atoms. The maximum absolute atomic E-state index is 13.3. The number of rotatable bonds is 10. The van der Waals surface area contributed by atoms with Crippen LogP contribution in [0.5, 0.6) is 11.5 Å². The first-order valence-electron chi connectivity index (χ1n) is 12.2. The average Bonchev–Trinajstić information content (AvgIpc) is 3.16. The number of aryl methyl sites for hydroxylation is 1. The van der Waals surface area contributed by atoms with Crippen molar-refractivity contribution in [3.05, 3.63) is 107 Å². The second-order valence-electron chi connectivity index (χ2n) is 8.79. The van der Waals surface area contributed by atoms with E-state index in [1.54, 1.807) is 67.0 Å². The molecule has 1 amide bonds. The topological polar surface area (TPSA) is 89.0 Å². The third-order valence-corrected chi connectivity index (χ3v) is 6.09. The molecule has 1 unspecified atom stereocenters. The second kappa shape index (κ2) is 11.6. The Morgan fingerprint density at radius 2 is 1.92 bits per heavy atom. The molecule has 0 aliphatic carbocycles. The molecule has 1 fully saturated rings. The highest BCUT2D eigenvalue weighted by atomic mass is 16.5. The quantitative estimate of drug-likeness (QED) is 0.175. The van der Waals surface area contributed by atoms with Gasteiger partial charge in [0.1, 0.15) is 23.9 Å². The molecule has 7 nitrogen and oxygen atoms in total. The van der Waals surface area contributed by atoms with Crippen LogP contribution in [0.1, 0.15) is 41.6 Å². The molecule has 2 heterocycles. The third kappa shape index (κ3) is 5.56. The molecule has 1 aromatic heterocycles. The number of likely N-dealkylation sites (tertiary alicyclic amines) is 1. The molecule has 0 radical (unpaired) electrons. The number of aliphatic hydroxyl groups excluding tert-OH is 1. The van der Waals surface area contributed by atoms with Crippen molar-refractivity contribution >= 4 is 17.4 Å². The van der Waals surface area contributed by atoms with Gasteiger partial charge in [-0.15, -0.1) is 0 Å². The minimum Gasteiger partial charge on any atom is -0.507 e. The number of hydrogen-bond donors (Lipinski definition) is 1. The number of nitrogens with zero attached hydrogens (tertiary/aromatic N) is 2. The van der Waals surface area contributed by atoms with Gasteiger partial charge in [0.05, 0.1) is 18.2 Å². The van der Waals surface area contributed by atoms with Gasteiger partial charge in [0.15, 0.2) is 0 Å². The second-order valence-corrected chi connectivity index (χ2v) is 8.79. The number of aromatic nitrogens is 1. The first-order chi connectivity index (χ1) is 17.9. The number of aliphatic hydroxyl groups is 1. The maximum Gasteiger partial charge on any atom is 0.295 e. The van der Waals surface area contributed by atoms with Crippen molar-refractivity contribution in [2.45, 2.75) is 32.9 Å². The fraction of sp³-hybridized carbons (Fsp3) is 0.233. The lowest BCUT2D eigenvalue weighted by atomic mass is 9.94. The van der Waals surface area contributed by atoms with E-state index in [1.165, 1.54) is 4.90 Å². The number of amides is 1. The molecular formula is C30H30N2O5. The summed E-state index contributed by atoms with van der Waals surface area (Å²) in [4.78, 5) is 32.2. The number of ether oxygens (including phenoxy) is 2. The summed E-state index contributed by atoms with van der Waals surface area (Å²) in [5.74, 6) is -0.299. The highest BCUT2D eigenvalue weighted by Crippen LogP contribution is 2.41. The lowest BCUT2D eigenvalue weighted by molar-refractivity contribution is -0.140. The summed E-state index contributed by atoms with van der Waals surface area (Å²) < 4.78 is 11.3. The number of Topliss-reactive ketones (excluding diaryl/α,β-unsaturated/α-hetero) is 1. The molecule has 1 N–H and O–H groups in total. The molecule has 4 rings (SSSR count). The van der Waals surface area contributed by atoms with Crippen LogP contribution in [0.4, 0.5) is 0 Å². The minimum atomic E-state index is -0.787. The number of benzene rings is 2. The fourth-order valence-corrected chi connectivity index (χ4v) is 4.31. The summed E-state index contributed by atoms with van der Waals surface area (Å²) in [7, 11) is 0. The number of pyridine rings is 1. The van der Waals surface area contributed by atoms with Crippen LogP contribution in [0.3, 0.4) is 0 Å². The smallest absolute Gasteiger partial charge is 0.295 e. The Hall–Kier alpha value is -4.39. The van der Waals surface area contributed by atoms with E-state index in [0.29, 0.717) is 35.8 Å². The highest BCUT2D eigenvalue weighted by Gasteiger charge is 2.46. The summed E-state index contributed by atoms with van der Waals surface area (Å²) in [5.41, 5.74) is 2.75. The van der Waals surface area contributed by atoms with Crippen molar-refractivity contribution in [2.75, 3.05) is 13.2 Å². The third-order valence-electron chi connectivity index (χ3n) is 6.09. The number of hydrogen-bond acceptors (Lipinski definition) is 6. The normalized spacial score (nSPS) is 16.6. The zero-order chi connectivity index (χ0) is 26.4. The highest BCUT2D eigenvalue weighted by molar-refractivity contribution is 6.46. The molecular weight excluding hydrogens is 468 g/mol. The molecule has 37 heavy (non-hydrogen) atoms. The van der Waals surface area contributed by atoms with Crippen LogP contribution < -0.4 is 9.47 Å². The van der Waals surface area contributed by atoms with Gasteiger partial charge in [-0.1, -0.05) is 37.8 Å². The van der Waals surface area contributed by atoms with Crippen molar-refractivity contribution in [1.82, 2.24) is 9.88 Å². The summed E-state index contributed by atoms with van der Waals surface area (Å²) >= 11 is 0. The number of carbonyl (C=O) groups excluding carboxylic acids is 2. The van der Waals surface area contributed by atoms with Crippen molar-refractivity contribution in [2.24, 2.45) is 0 Å². The number of ketones is 1. The van der Waals surface area contributed by atoms with E-state index in [1.807, 2.05) is 19.9 Å². The first-order valence-corrected chi connectivity index (χ1v) is 12.2. The van der Waals surface area contributed by atoms with E-state index in [9.17, 15) is 14.7 Å². The van der Waals surface area contributed by atoms with E-state index in [0.717, 1.165) is 17.5 Å². The van der Waals surface area contributed by atoms with Gasteiger partial charge in [-0.25, -0.2) is 0 Å². The molecule has 3 aromatic rings. The molecule has 7 heteroatoms. The first kappa shape index (κ1) is 25.7. The monoisotopic (exact) mass is 498 g/mol. The van der Waals surface area contributed by atoms with Gasteiger partial charge in [-0.3, -0.25) is 14.6 Å². The van der Waals surface area contributed by atoms with E-state index in [-0.39, 0.29) is 17.9 Å². The van der Waals surface area contributed by atoms with E-state index >= 15 is 0 Å². The van der Waals surface area contributed by atoms with Crippen LogP contribution in [0, 0.1) is 6.92 Å². The molecule has 1 saturated heterocycles. The van der Waals surface area contributed by atoms with Crippen LogP contribution >= 0.6 is 0 Å². The Bertz CT molecular complexity index is 1320. The molecule has 1 aliphatic heterocycles. The maximum atomic E-state index is 13.3. The lowest BCUT2D eigenvalue weighted by Crippen LogP contribution is -2.29. The van der Waals surface area contributed by atoms with Crippen molar-refractivity contribution in [1.29, 1.82) is 0 Å².